The Morgan fingerprint density at radius 2 is 2.14 bits per heavy atom. The average molecular weight is 428 g/mol. The minimum atomic E-state index is 0.629. The fraction of sp³-hybridized carbons (Fsp3) is 0.133. The predicted octanol–water partition coefficient (Wildman–Crippen LogP) is 5.85. The Kier molecular flexibility index (Phi) is 4.47. The summed E-state index contributed by atoms with van der Waals surface area (Å²) in [4.78, 5) is 4.52. The van der Waals surface area contributed by atoms with E-state index in [0.29, 0.717) is 11.2 Å². The summed E-state index contributed by atoms with van der Waals surface area (Å²) in [6, 6.07) is 10.2. The number of hydrogen-bond acceptors (Lipinski definition) is 4. The van der Waals surface area contributed by atoms with E-state index in [0.717, 1.165) is 32.2 Å². The minimum Gasteiger partial charge on any atom is -0.451 e. The molecule has 1 aromatic carbocycles. The SMILES string of the molecule is Cc1nc(-c2cccc(NCc3cc(Br)c(Br)o3)c2)cs1. The molecule has 3 aromatic rings. The summed E-state index contributed by atoms with van der Waals surface area (Å²) in [6.07, 6.45) is 0. The molecule has 0 aliphatic rings. The van der Waals surface area contributed by atoms with Gasteiger partial charge >= 0.3 is 0 Å². The third kappa shape index (κ3) is 3.56. The summed E-state index contributed by atoms with van der Waals surface area (Å²) in [6.45, 7) is 2.65. The first-order valence-corrected chi connectivity index (χ1v) is 8.78. The number of thiazole rings is 1. The third-order valence-corrected chi connectivity index (χ3v) is 5.42. The average Bonchev–Trinajstić information content (AvgIpc) is 3.04. The molecule has 2 aromatic heterocycles. The zero-order valence-corrected chi connectivity index (χ0v) is 15.2. The van der Waals surface area contributed by atoms with Gasteiger partial charge in [0.2, 0.25) is 0 Å². The second kappa shape index (κ2) is 6.34. The molecule has 0 saturated heterocycles. The Balaban J connectivity index is 1.74. The zero-order valence-electron chi connectivity index (χ0n) is 11.2. The molecule has 0 radical (unpaired) electrons. The highest BCUT2D eigenvalue weighted by Crippen LogP contribution is 2.28. The lowest BCUT2D eigenvalue weighted by molar-refractivity contribution is 0.494. The molecular formula is C15H12Br2N2OS. The quantitative estimate of drug-likeness (QED) is 0.567. The maximum Gasteiger partial charge on any atom is 0.183 e. The molecule has 0 bridgehead atoms. The second-order valence-electron chi connectivity index (χ2n) is 4.52. The van der Waals surface area contributed by atoms with Crippen LogP contribution in [0.25, 0.3) is 11.3 Å². The van der Waals surface area contributed by atoms with Crippen molar-refractivity contribution in [3.63, 3.8) is 0 Å². The van der Waals surface area contributed by atoms with Crippen molar-refractivity contribution in [2.75, 3.05) is 5.32 Å². The molecule has 0 atom stereocenters. The second-order valence-corrected chi connectivity index (χ2v) is 7.16. The van der Waals surface area contributed by atoms with Crippen molar-refractivity contribution in [2.24, 2.45) is 0 Å². The summed E-state index contributed by atoms with van der Waals surface area (Å²) in [5.74, 6) is 0.864. The van der Waals surface area contributed by atoms with E-state index in [9.17, 15) is 0 Å². The highest BCUT2D eigenvalue weighted by atomic mass is 79.9. The van der Waals surface area contributed by atoms with Crippen molar-refractivity contribution in [2.45, 2.75) is 13.5 Å². The van der Waals surface area contributed by atoms with E-state index in [-0.39, 0.29) is 0 Å². The first kappa shape index (κ1) is 14.8. The van der Waals surface area contributed by atoms with Crippen LogP contribution in [0, 0.1) is 6.92 Å². The Morgan fingerprint density at radius 1 is 1.29 bits per heavy atom. The molecule has 0 unspecified atom stereocenters. The van der Waals surface area contributed by atoms with E-state index >= 15 is 0 Å². The van der Waals surface area contributed by atoms with Gasteiger partial charge in [-0.25, -0.2) is 4.98 Å². The molecular weight excluding hydrogens is 416 g/mol. The molecule has 0 fully saturated rings. The van der Waals surface area contributed by atoms with Gasteiger partial charge in [0, 0.05) is 16.6 Å². The van der Waals surface area contributed by atoms with Gasteiger partial charge in [-0.15, -0.1) is 11.3 Å². The Labute approximate surface area is 143 Å². The molecule has 21 heavy (non-hydrogen) atoms. The molecule has 0 aliphatic carbocycles. The number of furan rings is 1. The summed E-state index contributed by atoms with van der Waals surface area (Å²) >= 11 is 8.41. The number of nitrogens with one attached hydrogen (secondary N) is 1. The van der Waals surface area contributed by atoms with Crippen molar-refractivity contribution in [3.05, 3.63) is 55.6 Å². The smallest absolute Gasteiger partial charge is 0.183 e. The molecule has 6 heteroatoms. The van der Waals surface area contributed by atoms with E-state index in [2.05, 4.69) is 59.7 Å². The van der Waals surface area contributed by atoms with Crippen molar-refractivity contribution in [1.29, 1.82) is 0 Å². The predicted molar refractivity (Wildman–Crippen MR) is 93.7 cm³/mol. The van der Waals surface area contributed by atoms with Crippen LogP contribution in [0.2, 0.25) is 0 Å². The van der Waals surface area contributed by atoms with Crippen molar-refractivity contribution in [1.82, 2.24) is 4.98 Å². The largest absolute Gasteiger partial charge is 0.451 e. The Bertz CT molecular complexity index is 747. The maximum absolute atomic E-state index is 5.55. The van der Waals surface area contributed by atoms with Gasteiger partial charge in [-0.2, -0.15) is 0 Å². The monoisotopic (exact) mass is 426 g/mol. The Morgan fingerprint density at radius 3 is 2.81 bits per heavy atom. The molecule has 0 amide bonds. The van der Waals surface area contributed by atoms with Crippen LogP contribution < -0.4 is 5.32 Å². The molecule has 108 valence electrons. The molecule has 2 heterocycles. The van der Waals surface area contributed by atoms with Crippen molar-refractivity contribution < 1.29 is 4.42 Å². The minimum absolute atomic E-state index is 0.629. The molecule has 0 aliphatic heterocycles. The highest BCUT2D eigenvalue weighted by molar-refractivity contribution is 9.13. The van der Waals surface area contributed by atoms with Crippen LogP contribution in [-0.4, -0.2) is 4.98 Å². The van der Waals surface area contributed by atoms with Gasteiger partial charge in [0.15, 0.2) is 4.67 Å². The van der Waals surface area contributed by atoms with E-state index in [1.165, 1.54) is 0 Å². The van der Waals surface area contributed by atoms with Gasteiger partial charge in [-0.1, -0.05) is 12.1 Å². The summed E-state index contributed by atoms with van der Waals surface area (Å²) < 4.78 is 7.19. The van der Waals surface area contributed by atoms with Crippen LogP contribution in [0.15, 0.2) is 49.3 Å². The van der Waals surface area contributed by atoms with Crippen molar-refractivity contribution >= 4 is 48.9 Å². The number of aromatic nitrogens is 1. The van der Waals surface area contributed by atoms with Gasteiger partial charge in [0.05, 0.1) is 21.7 Å². The number of aryl methyl sites for hydroxylation is 1. The number of rotatable bonds is 4. The van der Waals surface area contributed by atoms with Gasteiger partial charge in [0.1, 0.15) is 5.76 Å². The fourth-order valence-corrected chi connectivity index (χ4v) is 3.23. The van der Waals surface area contributed by atoms with Crippen LogP contribution in [0.5, 0.6) is 0 Å². The van der Waals surface area contributed by atoms with E-state index in [4.69, 9.17) is 4.42 Å². The topological polar surface area (TPSA) is 38.1 Å². The first-order valence-electron chi connectivity index (χ1n) is 6.32. The number of nitrogens with zero attached hydrogens (tertiary/aromatic N) is 1. The number of benzene rings is 1. The van der Waals surface area contributed by atoms with Crippen LogP contribution in [0.1, 0.15) is 10.8 Å². The first-order chi connectivity index (χ1) is 10.1. The van der Waals surface area contributed by atoms with Gasteiger partial charge in [-0.05, 0) is 57.0 Å². The standard InChI is InChI=1S/C15H12Br2N2OS/c1-9-19-14(8-21-9)10-3-2-4-11(5-10)18-7-12-6-13(16)15(17)20-12/h2-6,8,18H,7H2,1H3. The van der Waals surface area contributed by atoms with Gasteiger partial charge in [-0.3, -0.25) is 0 Å². The van der Waals surface area contributed by atoms with Crippen LogP contribution in [-0.2, 0) is 6.54 Å². The van der Waals surface area contributed by atoms with Crippen LogP contribution in [0.3, 0.4) is 0 Å². The third-order valence-electron chi connectivity index (χ3n) is 2.94. The lowest BCUT2D eigenvalue weighted by Gasteiger charge is -2.06. The van der Waals surface area contributed by atoms with Crippen LogP contribution in [0.4, 0.5) is 5.69 Å². The normalized spacial score (nSPS) is 10.8. The van der Waals surface area contributed by atoms with E-state index in [1.54, 1.807) is 11.3 Å². The highest BCUT2D eigenvalue weighted by Gasteiger charge is 2.07. The summed E-state index contributed by atoms with van der Waals surface area (Å²) in [5, 5.41) is 6.51. The summed E-state index contributed by atoms with van der Waals surface area (Å²) in [5.41, 5.74) is 3.18. The molecule has 0 spiro atoms. The van der Waals surface area contributed by atoms with Crippen LogP contribution >= 0.6 is 43.2 Å². The van der Waals surface area contributed by atoms with E-state index in [1.807, 2.05) is 25.1 Å². The maximum atomic E-state index is 5.55. The lowest BCUT2D eigenvalue weighted by atomic mass is 10.1. The molecule has 0 saturated carbocycles. The lowest BCUT2D eigenvalue weighted by Crippen LogP contribution is -1.98. The molecule has 3 nitrogen and oxygen atoms in total. The zero-order chi connectivity index (χ0) is 14.8. The van der Waals surface area contributed by atoms with Crippen molar-refractivity contribution in [3.8, 4) is 11.3 Å². The van der Waals surface area contributed by atoms with Gasteiger partial charge < -0.3 is 9.73 Å². The number of anilines is 1. The van der Waals surface area contributed by atoms with E-state index < -0.39 is 0 Å². The fourth-order valence-electron chi connectivity index (χ4n) is 1.95. The van der Waals surface area contributed by atoms with Gasteiger partial charge in [0.25, 0.3) is 0 Å². The Hall–Kier alpha value is -1.11. The summed E-state index contributed by atoms with van der Waals surface area (Å²) in [7, 11) is 0. The molecule has 3 rings (SSSR count). The molecule has 1 N–H and O–H groups in total. The number of hydrogen-bond donors (Lipinski definition) is 1. The number of halogens is 2.